The Bertz CT molecular complexity index is 1020. The average Bonchev–Trinajstić information content (AvgIpc) is 3.16. The summed E-state index contributed by atoms with van der Waals surface area (Å²) in [6.07, 6.45) is 1.58. The van der Waals surface area contributed by atoms with Crippen molar-refractivity contribution in [3.8, 4) is 11.6 Å². The molecule has 0 aliphatic rings. The highest BCUT2D eigenvalue weighted by molar-refractivity contribution is 5.97. The monoisotopic (exact) mass is 356 g/mol. The van der Waals surface area contributed by atoms with Crippen molar-refractivity contribution < 1.29 is 9.72 Å². The van der Waals surface area contributed by atoms with Crippen molar-refractivity contribution in [2.75, 3.05) is 6.54 Å². The zero-order valence-corrected chi connectivity index (χ0v) is 13.8. The van der Waals surface area contributed by atoms with E-state index in [0.29, 0.717) is 28.2 Å². The number of fused-ring (bicyclic) bond motifs is 1. The summed E-state index contributed by atoms with van der Waals surface area (Å²) in [6, 6.07) is 4.93. The van der Waals surface area contributed by atoms with Crippen LogP contribution in [0.3, 0.4) is 0 Å². The standard InChI is InChI=1S/C15H16N8O3/c1-22-7-12(23(25)26)21-14(22)13-19-9-3-2-8(6-10(9)20-13)15(24)18-5-4-11(16)17/h2-3,6-7H,4-5H2,1H3,(H3,16,17)(H,18,24)(H,19,20). The predicted octanol–water partition coefficient (Wildman–Crippen LogP) is 0.927. The molecule has 134 valence electrons. The molecule has 1 amide bonds. The maximum atomic E-state index is 12.1. The number of aryl methyl sites for hydroxylation is 1. The maximum Gasteiger partial charge on any atom is 0.382 e. The molecule has 0 saturated carbocycles. The first kappa shape index (κ1) is 17.1. The summed E-state index contributed by atoms with van der Waals surface area (Å²) in [4.78, 5) is 33.7. The number of nitro groups is 1. The Hall–Kier alpha value is -3.76. The van der Waals surface area contributed by atoms with E-state index in [4.69, 9.17) is 11.1 Å². The number of aromatic amines is 1. The van der Waals surface area contributed by atoms with Gasteiger partial charge in [0.15, 0.2) is 0 Å². The zero-order valence-electron chi connectivity index (χ0n) is 13.8. The molecule has 0 aliphatic heterocycles. The Kier molecular flexibility index (Phi) is 4.35. The molecular formula is C15H16N8O3. The molecule has 0 aliphatic carbocycles. The van der Waals surface area contributed by atoms with E-state index in [0.717, 1.165) is 0 Å². The lowest BCUT2D eigenvalue weighted by Crippen LogP contribution is -2.27. The molecular weight excluding hydrogens is 340 g/mol. The first-order valence-corrected chi connectivity index (χ1v) is 7.64. The van der Waals surface area contributed by atoms with Crippen molar-refractivity contribution >= 4 is 28.6 Å². The summed E-state index contributed by atoms with van der Waals surface area (Å²) in [5, 5.41) is 20.7. The average molecular weight is 356 g/mol. The Morgan fingerprint density at radius 2 is 2.23 bits per heavy atom. The normalized spacial score (nSPS) is 10.8. The fraction of sp³-hybridized carbons (Fsp3) is 0.200. The third-order valence-electron chi connectivity index (χ3n) is 3.69. The van der Waals surface area contributed by atoms with E-state index >= 15 is 0 Å². The highest BCUT2D eigenvalue weighted by Crippen LogP contribution is 2.22. The lowest BCUT2D eigenvalue weighted by atomic mass is 10.2. The molecule has 0 atom stereocenters. The molecule has 0 saturated heterocycles. The highest BCUT2D eigenvalue weighted by Gasteiger charge is 2.21. The molecule has 0 bridgehead atoms. The van der Waals surface area contributed by atoms with E-state index in [2.05, 4.69) is 20.3 Å². The Balaban J connectivity index is 1.87. The van der Waals surface area contributed by atoms with Crippen molar-refractivity contribution in [2.45, 2.75) is 6.42 Å². The van der Waals surface area contributed by atoms with Gasteiger partial charge in [0.25, 0.3) is 11.7 Å². The van der Waals surface area contributed by atoms with Gasteiger partial charge >= 0.3 is 5.82 Å². The van der Waals surface area contributed by atoms with Crippen LogP contribution in [-0.4, -0.2) is 42.7 Å². The zero-order chi connectivity index (χ0) is 18.8. The van der Waals surface area contributed by atoms with Crippen molar-refractivity contribution in [3.05, 3.63) is 40.1 Å². The molecule has 0 unspecified atom stereocenters. The molecule has 2 aromatic heterocycles. The summed E-state index contributed by atoms with van der Waals surface area (Å²) in [5.41, 5.74) is 6.87. The van der Waals surface area contributed by atoms with Crippen molar-refractivity contribution in [2.24, 2.45) is 12.8 Å². The number of carbonyl (C=O) groups is 1. The van der Waals surface area contributed by atoms with E-state index in [1.807, 2.05) is 0 Å². The highest BCUT2D eigenvalue weighted by atomic mass is 16.6. The maximum absolute atomic E-state index is 12.1. The summed E-state index contributed by atoms with van der Waals surface area (Å²) in [7, 11) is 1.64. The number of rotatable bonds is 6. The Morgan fingerprint density at radius 1 is 1.46 bits per heavy atom. The molecule has 11 nitrogen and oxygen atoms in total. The minimum Gasteiger partial charge on any atom is -0.388 e. The van der Waals surface area contributed by atoms with Crippen LogP contribution in [0, 0.1) is 15.5 Å². The van der Waals surface area contributed by atoms with Gasteiger partial charge in [0, 0.05) is 25.6 Å². The van der Waals surface area contributed by atoms with Crippen LogP contribution in [0.15, 0.2) is 24.4 Å². The van der Waals surface area contributed by atoms with Crippen LogP contribution < -0.4 is 11.1 Å². The summed E-state index contributed by atoms with van der Waals surface area (Å²) in [5.74, 6) is 0.124. The molecule has 0 spiro atoms. The molecule has 1 aromatic carbocycles. The van der Waals surface area contributed by atoms with Gasteiger partial charge in [0.1, 0.15) is 6.20 Å². The van der Waals surface area contributed by atoms with E-state index in [1.165, 1.54) is 10.8 Å². The van der Waals surface area contributed by atoms with E-state index in [9.17, 15) is 14.9 Å². The van der Waals surface area contributed by atoms with Crippen LogP contribution in [-0.2, 0) is 7.05 Å². The summed E-state index contributed by atoms with van der Waals surface area (Å²) < 4.78 is 1.51. The van der Waals surface area contributed by atoms with Gasteiger partial charge in [-0.25, -0.2) is 4.98 Å². The van der Waals surface area contributed by atoms with Gasteiger partial charge in [-0.2, -0.15) is 0 Å². The number of amides is 1. The number of benzene rings is 1. The third-order valence-corrected chi connectivity index (χ3v) is 3.69. The number of aromatic nitrogens is 4. The number of hydrogen-bond acceptors (Lipinski definition) is 6. The van der Waals surface area contributed by atoms with Gasteiger partial charge in [0.2, 0.25) is 5.82 Å². The number of imidazole rings is 2. The first-order valence-electron chi connectivity index (χ1n) is 7.64. The van der Waals surface area contributed by atoms with Crippen LogP contribution >= 0.6 is 0 Å². The number of nitrogens with zero attached hydrogens (tertiary/aromatic N) is 4. The Morgan fingerprint density at radius 3 is 2.88 bits per heavy atom. The molecule has 3 aromatic rings. The second-order valence-corrected chi connectivity index (χ2v) is 5.64. The van der Waals surface area contributed by atoms with Gasteiger partial charge in [-0.3, -0.25) is 10.2 Å². The second-order valence-electron chi connectivity index (χ2n) is 5.64. The summed E-state index contributed by atoms with van der Waals surface area (Å²) in [6.45, 7) is 0.275. The number of H-pyrrole nitrogens is 1. The van der Waals surface area contributed by atoms with E-state index in [1.54, 1.807) is 25.2 Å². The SMILES string of the molecule is Cn1cc([N+](=O)[O-])nc1-c1nc2ccc(C(=O)NCCC(=N)N)cc2[nH]1. The largest absolute Gasteiger partial charge is 0.388 e. The molecule has 3 rings (SSSR count). The van der Waals surface area contributed by atoms with Gasteiger partial charge in [-0.05, 0) is 28.1 Å². The first-order chi connectivity index (χ1) is 12.3. The summed E-state index contributed by atoms with van der Waals surface area (Å²) >= 11 is 0. The quantitative estimate of drug-likeness (QED) is 0.221. The van der Waals surface area contributed by atoms with E-state index in [-0.39, 0.29) is 30.5 Å². The van der Waals surface area contributed by atoms with Crippen LogP contribution in [0.4, 0.5) is 5.82 Å². The topological polar surface area (TPSA) is 169 Å². The van der Waals surface area contributed by atoms with E-state index < -0.39 is 4.92 Å². The number of amidine groups is 1. The van der Waals surface area contributed by atoms with Crippen LogP contribution in [0.25, 0.3) is 22.7 Å². The molecule has 5 N–H and O–H groups in total. The molecule has 26 heavy (non-hydrogen) atoms. The fourth-order valence-electron chi connectivity index (χ4n) is 2.43. The van der Waals surface area contributed by atoms with Crippen molar-refractivity contribution in [3.63, 3.8) is 0 Å². The lowest BCUT2D eigenvalue weighted by molar-refractivity contribution is -0.389. The minimum atomic E-state index is -0.574. The molecule has 11 heteroatoms. The smallest absolute Gasteiger partial charge is 0.382 e. The number of nitrogens with two attached hydrogens (primary N) is 1. The minimum absolute atomic E-state index is 0.00289. The van der Waals surface area contributed by atoms with Crippen LogP contribution in [0.5, 0.6) is 0 Å². The lowest BCUT2D eigenvalue weighted by Gasteiger charge is -2.04. The number of carbonyl (C=O) groups excluding carboxylic acids is 1. The number of hydrogen-bond donors (Lipinski definition) is 4. The van der Waals surface area contributed by atoms with Gasteiger partial charge in [-0.1, -0.05) is 0 Å². The van der Waals surface area contributed by atoms with Crippen LogP contribution in [0.2, 0.25) is 0 Å². The van der Waals surface area contributed by atoms with Gasteiger partial charge in [0.05, 0.1) is 16.9 Å². The molecule has 0 radical (unpaired) electrons. The second kappa shape index (κ2) is 6.63. The van der Waals surface area contributed by atoms with Crippen LogP contribution in [0.1, 0.15) is 16.8 Å². The van der Waals surface area contributed by atoms with Gasteiger partial charge < -0.3 is 30.7 Å². The Labute approximate surface area is 146 Å². The predicted molar refractivity (Wildman–Crippen MR) is 93.8 cm³/mol. The molecule has 0 fully saturated rings. The van der Waals surface area contributed by atoms with Gasteiger partial charge in [-0.15, -0.1) is 0 Å². The molecule has 2 heterocycles. The fourth-order valence-corrected chi connectivity index (χ4v) is 2.43. The third kappa shape index (κ3) is 3.36. The number of nitrogens with one attached hydrogen (secondary N) is 3. The van der Waals surface area contributed by atoms with Crippen molar-refractivity contribution in [1.29, 1.82) is 5.41 Å². The van der Waals surface area contributed by atoms with Crippen molar-refractivity contribution in [1.82, 2.24) is 24.8 Å².